The maximum Gasteiger partial charge on any atom is 0.251 e. The van der Waals surface area contributed by atoms with Gasteiger partial charge in [-0.05, 0) is 18.6 Å². The first-order valence-electron chi connectivity index (χ1n) is 5.88. The Labute approximate surface area is 108 Å². The summed E-state index contributed by atoms with van der Waals surface area (Å²) >= 11 is 1.86. The lowest BCUT2D eigenvalue weighted by molar-refractivity contribution is 0.0955. The Bertz CT molecular complexity index is 382. The molecule has 1 aromatic carbocycles. The summed E-state index contributed by atoms with van der Waals surface area (Å²) in [6.07, 6.45) is 0. The molecule has 1 rings (SSSR count). The van der Waals surface area contributed by atoms with Gasteiger partial charge in [0.25, 0.3) is 5.91 Å². The molecule has 94 valence electrons. The zero-order chi connectivity index (χ0) is 12.9. The lowest BCUT2D eigenvalue weighted by Crippen LogP contribution is -2.27. The van der Waals surface area contributed by atoms with E-state index in [1.165, 1.54) is 0 Å². The number of hydrogen-bond donors (Lipinski definition) is 1. The van der Waals surface area contributed by atoms with E-state index < -0.39 is 0 Å². The van der Waals surface area contributed by atoms with Gasteiger partial charge in [-0.25, -0.2) is 0 Å². The normalized spacial score (nSPS) is 11.3. The average molecular weight is 251 g/mol. The van der Waals surface area contributed by atoms with Crippen molar-refractivity contribution in [3.05, 3.63) is 35.4 Å². The van der Waals surface area contributed by atoms with E-state index in [1.807, 2.05) is 43.0 Å². The van der Waals surface area contributed by atoms with Gasteiger partial charge in [-0.15, -0.1) is 0 Å². The van der Waals surface area contributed by atoms with Gasteiger partial charge in [0.05, 0.1) is 0 Å². The van der Waals surface area contributed by atoms with Crippen LogP contribution >= 0.6 is 11.8 Å². The molecule has 0 aliphatic heterocycles. The Morgan fingerprint density at radius 2 is 1.94 bits per heavy atom. The molecule has 0 aliphatic carbocycles. The third kappa shape index (κ3) is 5.26. The number of aryl methyl sites for hydroxylation is 1. The first kappa shape index (κ1) is 14.1. The minimum atomic E-state index is 0.0256. The van der Waals surface area contributed by atoms with Gasteiger partial charge < -0.3 is 5.32 Å². The van der Waals surface area contributed by atoms with Gasteiger partial charge in [0.2, 0.25) is 0 Å². The van der Waals surface area contributed by atoms with E-state index in [-0.39, 0.29) is 10.7 Å². The van der Waals surface area contributed by atoms with Crippen molar-refractivity contribution in [3.8, 4) is 0 Å². The van der Waals surface area contributed by atoms with Crippen LogP contribution in [0.1, 0.15) is 36.7 Å². The molecular formula is C14H21NOS. The fourth-order valence-corrected chi connectivity index (χ4v) is 2.26. The van der Waals surface area contributed by atoms with Gasteiger partial charge in [0.1, 0.15) is 0 Å². The lowest BCUT2D eigenvalue weighted by Gasteiger charge is -2.17. The number of hydrogen-bond acceptors (Lipinski definition) is 2. The Kier molecular flexibility index (Phi) is 5.06. The standard InChI is InChI=1S/C14H21NOS/c1-11-7-5-6-8-12(11)13(16)15-9-10-17-14(2,3)4/h5-8H,9-10H2,1-4H3,(H,15,16). The van der Waals surface area contributed by atoms with Crippen LogP contribution in [-0.2, 0) is 0 Å². The van der Waals surface area contributed by atoms with Crippen LogP contribution < -0.4 is 5.32 Å². The molecule has 0 aromatic heterocycles. The Morgan fingerprint density at radius 3 is 2.53 bits per heavy atom. The highest BCUT2D eigenvalue weighted by Crippen LogP contribution is 2.22. The van der Waals surface area contributed by atoms with Crippen LogP contribution in [0.2, 0.25) is 0 Å². The summed E-state index contributed by atoms with van der Waals surface area (Å²) in [5.74, 6) is 0.971. The van der Waals surface area contributed by atoms with Crippen molar-refractivity contribution in [2.45, 2.75) is 32.4 Å². The Morgan fingerprint density at radius 1 is 1.29 bits per heavy atom. The highest BCUT2D eigenvalue weighted by molar-refractivity contribution is 8.00. The molecule has 0 heterocycles. The first-order valence-corrected chi connectivity index (χ1v) is 6.86. The van der Waals surface area contributed by atoms with Crippen molar-refractivity contribution >= 4 is 17.7 Å². The van der Waals surface area contributed by atoms with E-state index >= 15 is 0 Å². The number of amides is 1. The lowest BCUT2D eigenvalue weighted by atomic mass is 10.1. The molecule has 0 unspecified atom stereocenters. The second kappa shape index (κ2) is 6.10. The molecule has 0 fully saturated rings. The zero-order valence-electron chi connectivity index (χ0n) is 11.0. The summed E-state index contributed by atoms with van der Waals surface area (Å²) in [7, 11) is 0. The molecule has 0 spiro atoms. The second-order valence-electron chi connectivity index (χ2n) is 5.03. The van der Waals surface area contributed by atoms with Crippen molar-refractivity contribution in [2.24, 2.45) is 0 Å². The summed E-state index contributed by atoms with van der Waals surface area (Å²) in [5.41, 5.74) is 1.79. The smallest absolute Gasteiger partial charge is 0.251 e. The van der Waals surface area contributed by atoms with E-state index in [4.69, 9.17) is 0 Å². The summed E-state index contributed by atoms with van der Waals surface area (Å²) in [6.45, 7) is 9.22. The minimum Gasteiger partial charge on any atom is -0.351 e. The maximum absolute atomic E-state index is 11.9. The molecule has 0 atom stereocenters. The quantitative estimate of drug-likeness (QED) is 0.832. The zero-order valence-corrected chi connectivity index (χ0v) is 11.9. The van der Waals surface area contributed by atoms with Crippen molar-refractivity contribution in [1.82, 2.24) is 5.32 Å². The third-order valence-electron chi connectivity index (χ3n) is 2.31. The molecule has 0 saturated heterocycles. The third-order valence-corrected chi connectivity index (χ3v) is 3.59. The maximum atomic E-state index is 11.9. The topological polar surface area (TPSA) is 29.1 Å². The van der Waals surface area contributed by atoms with E-state index in [0.717, 1.165) is 23.4 Å². The van der Waals surface area contributed by atoms with Crippen LogP contribution in [0.3, 0.4) is 0 Å². The van der Waals surface area contributed by atoms with Gasteiger partial charge >= 0.3 is 0 Å². The van der Waals surface area contributed by atoms with Crippen LogP contribution in [0.15, 0.2) is 24.3 Å². The van der Waals surface area contributed by atoms with Crippen molar-refractivity contribution in [1.29, 1.82) is 0 Å². The average Bonchev–Trinajstić information content (AvgIpc) is 2.23. The molecule has 1 aromatic rings. The molecule has 1 amide bonds. The van der Waals surface area contributed by atoms with Crippen LogP contribution in [0.4, 0.5) is 0 Å². The van der Waals surface area contributed by atoms with Gasteiger partial charge in [-0.1, -0.05) is 39.0 Å². The highest BCUT2D eigenvalue weighted by Gasteiger charge is 2.11. The van der Waals surface area contributed by atoms with Gasteiger partial charge in [0.15, 0.2) is 0 Å². The highest BCUT2D eigenvalue weighted by atomic mass is 32.2. The fraction of sp³-hybridized carbons (Fsp3) is 0.500. The largest absolute Gasteiger partial charge is 0.351 e. The number of nitrogens with one attached hydrogen (secondary N) is 1. The Balaban J connectivity index is 2.39. The number of rotatable bonds is 4. The van der Waals surface area contributed by atoms with Gasteiger partial charge in [-0.3, -0.25) is 4.79 Å². The van der Waals surface area contributed by atoms with E-state index in [2.05, 4.69) is 26.1 Å². The molecular weight excluding hydrogens is 230 g/mol. The number of carbonyl (C=O) groups excluding carboxylic acids is 1. The van der Waals surface area contributed by atoms with Crippen LogP contribution in [0.25, 0.3) is 0 Å². The first-order chi connectivity index (χ1) is 7.90. The predicted octanol–water partition coefficient (Wildman–Crippen LogP) is 3.26. The van der Waals surface area contributed by atoms with Crippen molar-refractivity contribution in [3.63, 3.8) is 0 Å². The molecule has 1 N–H and O–H groups in total. The van der Waals surface area contributed by atoms with Gasteiger partial charge in [0, 0.05) is 22.6 Å². The summed E-state index contributed by atoms with van der Waals surface area (Å²) < 4.78 is 0.257. The summed E-state index contributed by atoms with van der Waals surface area (Å²) in [5, 5.41) is 2.95. The Hall–Kier alpha value is -0.960. The van der Waals surface area contributed by atoms with E-state index in [0.29, 0.717) is 0 Å². The molecule has 0 saturated carbocycles. The summed E-state index contributed by atoms with van der Waals surface area (Å²) in [4.78, 5) is 11.9. The van der Waals surface area contributed by atoms with Crippen molar-refractivity contribution < 1.29 is 4.79 Å². The van der Waals surface area contributed by atoms with Crippen molar-refractivity contribution in [2.75, 3.05) is 12.3 Å². The summed E-state index contributed by atoms with van der Waals surface area (Å²) in [6, 6.07) is 7.66. The molecule has 17 heavy (non-hydrogen) atoms. The monoisotopic (exact) mass is 251 g/mol. The van der Waals surface area contributed by atoms with Gasteiger partial charge in [-0.2, -0.15) is 11.8 Å². The molecule has 2 nitrogen and oxygen atoms in total. The number of carbonyl (C=O) groups is 1. The fourth-order valence-electron chi connectivity index (χ4n) is 1.44. The van der Waals surface area contributed by atoms with Crippen LogP contribution in [0, 0.1) is 6.92 Å². The van der Waals surface area contributed by atoms with Crippen LogP contribution in [0.5, 0.6) is 0 Å². The van der Waals surface area contributed by atoms with E-state index in [1.54, 1.807) is 0 Å². The van der Waals surface area contributed by atoms with E-state index in [9.17, 15) is 4.79 Å². The predicted molar refractivity (Wildman–Crippen MR) is 75.7 cm³/mol. The molecule has 0 bridgehead atoms. The number of benzene rings is 1. The molecule has 0 aliphatic rings. The number of thioether (sulfide) groups is 1. The second-order valence-corrected chi connectivity index (χ2v) is 6.95. The molecule has 0 radical (unpaired) electrons. The molecule has 3 heteroatoms. The minimum absolute atomic E-state index is 0.0256. The SMILES string of the molecule is Cc1ccccc1C(=O)NCCSC(C)(C)C. The van der Waals surface area contributed by atoms with Crippen LogP contribution in [-0.4, -0.2) is 23.0 Å².